The number of carbonyl (C=O) groups excluding carboxylic acids is 2. The van der Waals surface area contributed by atoms with Crippen molar-refractivity contribution >= 4 is 23.5 Å². The Morgan fingerprint density at radius 3 is 2.61 bits per heavy atom. The van der Waals surface area contributed by atoms with Gasteiger partial charge in [-0.3, -0.25) is 14.5 Å². The summed E-state index contributed by atoms with van der Waals surface area (Å²) in [5, 5.41) is 0.542. The van der Waals surface area contributed by atoms with Crippen LogP contribution in [0.4, 0.5) is 0 Å². The zero-order chi connectivity index (χ0) is 13.1. The van der Waals surface area contributed by atoms with Crippen LogP contribution in [0.2, 0.25) is 5.02 Å². The van der Waals surface area contributed by atoms with Gasteiger partial charge in [0.1, 0.15) is 5.75 Å². The van der Waals surface area contributed by atoms with Crippen molar-refractivity contribution in [2.75, 3.05) is 20.2 Å². The first-order chi connectivity index (χ1) is 8.60. The highest BCUT2D eigenvalue weighted by molar-refractivity contribution is 6.31. The third-order valence-electron chi connectivity index (χ3n) is 2.61. The number of ether oxygens (including phenoxy) is 2. The molecule has 1 heterocycles. The topological polar surface area (TPSA) is 55.8 Å². The van der Waals surface area contributed by atoms with Gasteiger partial charge >= 0.3 is 11.9 Å². The van der Waals surface area contributed by atoms with Crippen molar-refractivity contribution in [1.82, 2.24) is 4.90 Å². The van der Waals surface area contributed by atoms with Crippen LogP contribution in [0.5, 0.6) is 5.75 Å². The fourth-order valence-corrected chi connectivity index (χ4v) is 2.06. The number of methoxy groups -OCH3 is 1. The molecule has 0 saturated carbocycles. The van der Waals surface area contributed by atoms with Gasteiger partial charge in [0.25, 0.3) is 0 Å². The Balaban J connectivity index is 2.18. The Bertz CT molecular complexity index is 473. The first kappa shape index (κ1) is 12.9. The Morgan fingerprint density at radius 2 is 2.00 bits per heavy atom. The van der Waals surface area contributed by atoms with E-state index in [4.69, 9.17) is 16.3 Å². The lowest BCUT2D eigenvalue weighted by molar-refractivity contribution is -0.167. The molecule has 6 heteroatoms. The van der Waals surface area contributed by atoms with Crippen LogP contribution in [0.3, 0.4) is 0 Å². The van der Waals surface area contributed by atoms with E-state index in [0.717, 1.165) is 5.56 Å². The maximum absolute atomic E-state index is 11.2. The molecule has 1 aliphatic heterocycles. The number of hydrogen-bond donors (Lipinski definition) is 0. The predicted octanol–water partition coefficient (Wildman–Crippen LogP) is 1.23. The minimum atomic E-state index is -0.544. The Morgan fingerprint density at radius 1 is 1.33 bits per heavy atom. The summed E-state index contributed by atoms with van der Waals surface area (Å²) in [5.74, 6) is -0.455. The predicted molar refractivity (Wildman–Crippen MR) is 64.4 cm³/mol. The molecule has 0 radical (unpaired) electrons. The Hall–Kier alpha value is -1.59. The van der Waals surface area contributed by atoms with Crippen LogP contribution in [0.25, 0.3) is 0 Å². The van der Waals surface area contributed by atoms with E-state index in [0.29, 0.717) is 17.3 Å². The van der Waals surface area contributed by atoms with Gasteiger partial charge < -0.3 is 9.47 Å². The van der Waals surface area contributed by atoms with E-state index in [1.54, 1.807) is 30.2 Å². The van der Waals surface area contributed by atoms with Crippen molar-refractivity contribution in [2.24, 2.45) is 0 Å². The van der Waals surface area contributed by atoms with Crippen molar-refractivity contribution < 1.29 is 19.1 Å². The summed E-state index contributed by atoms with van der Waals surface area (Å²) in [7, 11) is 1.55. The van der Waals surface area contributed by atoms with Gasteiger partial charge in [-0.05, 0) is 12.1 Å². The maximum Gasteiger partial charge on any atom is 0.327 e. The number of benzene rings is 1. The molecule has 0 bridgehead atoms. The summed E-state index contributed by atoms with van der Waals surface area (Å²) >= 11 is 6.09. The van der Waals surface area contributed by atoms with E-state index in [1.165, 1.54) is 0 Å². The number of morpholine rings is 1. The van der Waals surface area contributed by atoms with Gasteiger partial charge in [-0.1, -0.05) is 17.7 Å². The highest BCUT2D eigenvalue weighted by atomic mass is 35.5. The van der Waals surface area contributed by atoms with Crippen LogP contribution in [0.1, 0.15) is 5.56 Å². The number of rotatable bonds is 3. The zero-order valence-corrected chi connectivity index (χ0v) is 10.6. The standard InChI is InChI=1S/C12H12ClNO4/c1-17-10-4-2-3-9(13)8(10)5-14-6-11(15)18-12(16)7-14/h2-4H,5-7H2,1H3. The van der Waals surface area contributed by atoms with Crippen molar-refractivity contribution in [3.63, 3.8) is 0 Å². The number of halogens is 1. The van der Waals surface area contributed by atoms with Gasteiger partial charge in [-0.2, -0.15) is 0 Å². The molecular formula is C12H12ClNO4. The third-order valence-corrected chi connectivity index (χ3v) is 2.96. The zero-order valence-electron chi connectivity index (χ0n) is 9.81. The van der Waals surface area contributed by atoms with Crippen LogP contribution in [0, 0.1) is 0 Å². The monoisotopic (exact) mass is 269 g/mol. The normalized spacial score (nSPS) is 16.6. The lowest BCUT2D eigenvalue weighted by atomic mass is 10.1. The number of esters is 2. The van der Waals surface area contributed by atoms with Gasteiger partial charge in [0, 0.05) is 17.1 Å². The summed E-state index contributed by atoms with van der Waals surface area (Å²) in [5.41, 5.74) is 0.754. The van der Waals surface area contributed by atoms with Gasteiger partial charge in [-0.15, -0.1) is 0 Å². The van der Waals surface area contributed by atoms with Crippen LogP contribution >= 0.6 is 11.6 Å². The quantitative estimate of drug-likeness (QED) is 0.610. The van der Waals surface area contributed by atoms with Crippen molar-refractivity contribution in [3.8, 4) is 5.75 Å². The molecule has 1 aromatic carbocycles. The van der Waals surface area contributed by atoms with Crippen LogP contribution in [-0.4, -0.2) is 37.0 Å². The summed E-state index contributed by atoms with van der Waals surface area (Å²) in [4.78, 5) is 24.0. The molecule has 0 amide bonds. The summed E-state index contributed by atoms with van der Waals surface area (Å²) < 4.78 is 9.67. The van der Waals surface area contributed by atoms with Crippen molar-refractivity contribution in [1.29, 1.82) is 0 Å². The van der Waals surface area contributed by atoms with E-state index in [9.17, 15) is 9.59 Å². The fraction of sp³-hybridized carbons (Fsp3) is 0.333. The number of cyclic esters (lactones) is 2. The van der Waals surface area contributed by atoms with E-state index >= 15 is 0 Å². The minimum absolute atomic E-state index is 0.0696. The number of hydrogen-bond acceptors (Lipinski definition) is 5. The maximum atomic E-state index is 11.2. The largest absolute Gasteiger partial charge is 0.496 e. The van der Waals surface area contributed by atoms with Gasteiger partial charge in [-0.25, -0.2) is 0 Å². The molecule has 1 fully saturated rings. The van der Waals surface area contributed by atoms with Crippen molar-refractivity contribution in [3.05, 3.63) is 28.8 Å². The highest BCUT2D eigenvalue weighted by Crippen LogP contribution is 2.27. The number of nitrogens with zero attached hydrogens (tertiary/aromatic N) is 1. The molecule has 18 heavy (non-hydrogen) atoms. The van der Waals surface area contributed by atoms with E-state index in [2.05, 4.69) is 4.74 Å². The second kappa shape index (κ2) is 5.37. The van der Waals surface area contributed by atoms with Crippen LogP contribution < -0.4 is 4.74 Å². The first-order valence-corrected chi connectivity index (χ1v) is 5.75. The van der Waals surface area contributed by atoms with E-state index < -0.39 is 11.9 Å². The van der Waals surface area contributed by atoms with Crippen molar-refractivity contribution in [2.45, 2.75) is 6.54 Å². The molecule has 0 atom stereocenters. The molecule has 96 valence electrons. The second-order valence-electron chi connectivity index (χ2n) is 3.91. The fourth-order valence-electron chi connectivity index (χ4n) is 1.83. The molecule has 0 spiro atoms. The summed E-state index contributed by atoms with van der Waals surface area (Å²) in [6.07, 6.45) is 0. The summed E-state index contributed by atoms with van der Waals surface area (Å²) in [6.45, 7) is 0.504. The average molecular weight is 270 g/mol. The Labute approximate surface area is 109 Å². The van der Waals surface area contributed by atoms with E-state index in [1.807, 2.05) is 0 Å². The Kier molecular flexibility index (Phi) is 3.84. The first-order valence-electron chi connectivity index (χ1n) is 5.37. The molecule has 1 saturated heterocycles. The molecule has 1 aromatic rings. The molecule has 1 aliphatic rings. The van der Waals surface area contributed by atoms with Crippen LogP contribution in [0.15, 0.2) is 18.2 Å². The molecule has 2 rings (SSSR count). The SMILES string of the molecule is COc1cccc(Cl)c1CN1CC(=O)OC(=O)C1. The molecule has 0 unspecified atom stereocenters. The molecule has 0 aliphatic carbocycles. The molecule has 0 N–H and O–H groups in total. The number of carbonyl (C=O) groups is 2. The highest BCUT2D eigenvalue weighted by Gasteiger charge is 2.26. The van der Waals surface area contributed by atoms with Gasteiger partial charge in [0.05, 0.1) is 20.2 Å². The van der Waals surface area contributed by atoms with Gasteiger partial charge in [0.15, 0.2) is 0 Å². The van der Waals surface area contributed by atoms with E-state index in [-0.39, 0.29) is 13.1 Å². The minimum Gasteiger partial charge on any atom is -0.496 e. The third kappa shape index (κ3) is 2.80. The lowest BCUT2D eigenvalue weighted by Gasteiger charge is -2.25. The smallest absolute Gasteiger partial charge is 0.327 e. The lowest BCUT2D eigenvalue weighted by Crippen LogP contribution is -2.42. The average Bonchev–Trinajstić information content (AvgIpc) is 2.30. The molecular weight excluding hydrogens is 258 g/mol. The summed E-state index contributed by atoms with van der Waals surface area (Å²) in [6, 6.07) is 5.30. The molecule has 0 aromatic heterocycles. The van der Waals surface area contributed by atoms with Gasteiger partial charge in [0.2, 0.25) is 0 Å². The second-order valence-corrected chi connectivity index (χ2v) is 4.32. The molecule has 5 nitrogen and oxygen atoms in total. The van der Waals surface area contributed by atoms with Crippen LogP contribution in [-0.2, 0) is 20.9 Å².